The van der Waals surface area contributed by atoms with Crippen molar-refractivity contribution in [2.45, 2.75) is 5.75 Å². The van der Waals surface area contributed by atoms with Crippen LogP contribution >= 0.6 is 0 Å². The predicted octanol–water partition coefficient (Wildman–Crippen LogP) is 1.79. The first-order valence-corrected chi connectivity index (χ1v) is 10.8. The highest BCUT2D eigenvalue weighted by Crippen LogP contribution is 2.12. The van der Waals surface area contributed by atoms with Crippen molar-refractivity contribution in [3.05, 3.63) is 78.1 Å². The van der Waals surface area contributed by atoms with Gasteiger partial charge < -0.3 is 10.6 Å². The monoisotopic (exact) mass is 412 g/mol. The average Bonchev–Trinajstić information content (AvgIpc) is 3.21. The molecule has 0 aliphatic heterocycles. The number of amides is 2. The number of hydrogen-bond donors (Lipinski definition) is 2. The van der Waals surface area contributed by atoms with Crippen LogP contribution in [0.15, 0.2) is 67.0 Å². The van der Waals surface area contributed by atoms with Gasteiger partial charge in [-0.1, -0.05) is 12.1 Å². The fourth-order valence-electron chi connectivity index (χ4n) is 2.64. The summed E-state index contributed by atoms with van der Waals surface area (Å²) in [5.74, 6) is -0.866. The summed E-state index contributed by atoms with van der Waals surface area (Å²) in [6.07, 6.45) is 4.64. The van der Waals surface area contributed by atoms with E-state index in [1.165, 1.54) is 12.1 Å². The molecule has 0 unspecified atom stereocenters. The number of carbonyl (C=O) groups excluding carboxylic acids is 2. The molecule has 0 aliphatic carbocycles. The molecule has 0 saturated heterocycles. The van der Waals surface area contributed by atoms with Crippen LogP contribution in [0.2, 0.25) is 0 Å². The minimum absolute atomic E-state index is 0.0868. The zero-order valence-electron chi connectivity index (χ0n) is 15.7. The summed E-state index contributed by atoms with van der Waals surface area (Å²) in [7, 11) is -3.14. The highest BCUT2D eigenvalue weighted by atomic mass is 32.2. The molecule has 0 spiro atoms. The standard InChI is InChI=1S/C20H20N4O4S/c1-29(27,28)14-15-3-5-16(6-4-15)20(26)21-13-19(25)23-17-7-9-18(10-8-17)24-12-2-11-22-24/h2-12H,13-14H2,1H3,(H,21,26)(H,23,25). The Morgan fingerprint density at radius 1 is 1.03 bits per heavy atom. The van der Waals surface area contributed by atoms with E-state index in [-0.39, 0.29) is 18.2 Å². The van der Waals surface area contributed by atoms with Gasteiger partial charge in [-0.2, -0.15) is 5.10 Å². The molecule has 8 nitrogen and oxygen atoms in total. The Morgan fingerprint density at radius 2 is 1.72 bits per heavy atom. The number of benzene rings is 2. The number of aromatic nitrogens is 2. The lowest BCUT2D eigenvalue weighted by Crippen LogP contribution is -2.32. The molecular weight excluding hydrogens is 392 g/mol. The second kappa shape index (κ2) is 8.70. The molecule has 0 fully saturated rings. The van der Waals surface area contributed by atoms with Crippen LogP contribution < -0.4 is 10.6 Å². The van der Waals surface area contributed by atoms with E-state index in [1.54, 1.807) is 35.1 Å². The zero-order chi connectivity index (χ0) is 20.9. The summed E-state index contributed by atoms with van der Waals surface area (Å²) in [5.41, 5.74) is 2.41. The van der Waals surface area contributed by atoms with E-state index in [0.717, 1.165) is 11.9 Å². The Balaban J connectivity index is 1.50. The first kappa shape index (κ1) is 20.3. The summed E-state index contributed by atoms with van der Waals surface area (Å²) >= 11 is 0. The van der Waals surface area contributed by atoms with Gasteiger partial charge in [0.05, 0.1) is 18.0 Å². The largest absolute Gasteiger partial charge is 0.343 e. The molecule has 0 aliphatic rings. The van der Waals surface area contributed by atoms with Crippen LogP contribution in [0, 0.1) is 0 Å². The minimum Gasteiger partial charge on any atom is -0.343 e. The molecule has 2 aromatic carbocycles. The summed E-state index contributed by atoms with van der Waals surface area (Å²) in [6.45, 7) is -0.190. The lowest BCUT2D eigenvalue weighted by atomic mass is 10.1. The number of sulfone groups is 1. The van der Waals surface area contributed by atoms with Crippen molar-refractivity contribution >= 4 is 27.3 Å². The molecule has 29 heavy (non-hydrogen) atoms. The molecule has 3 rings (SSSR count). The Kier molecular flexibility index (Phi) is 6.08. The molecule has 1 heterocycles. The van der Waals surface area contributed by atoms with Crippen molar-refractivity contribution in [3.8, 4) is 5.69 Å². The van der Waals surface area contributed by atoms with Gasteiger partial charge in [-0.3, -0.25) is 9.59 Å². The van der Waals surface area contributed by atoms with Crippen molar-refractivity contribution in [1.29, 1.82) is 0 Å². The van der Waals surface area contributed by atoms with Crippen LogP contribution in [-0.4, -0.2) is 42.8 Å². The lowest BCUT2D eigenvalue weighted by Gasteiger charge is -2.08. The normalized spacial score (nSPS) is 11.1. The van der Waals surface area contributed by atoms with Crippen LogP contribution in [0.25, 0.3) is 5.69 Å². The Labute approximate surface area is 168 Å². The molecule has 2 amide bonds. The van der Waals surface area contributed by atoms with Gasteiger partial charge in [-0.05, 0) is 48.0 Å². The summed E-state index contributed by atoms with van der Waals surface area (Å²) in [6, 6.07) is 15.2. The van der Waals surface area contributed by atoms with Crippen molar-refractivity contribution in [2.75, 3.05) is 18.1 Å². The van der Waals surface area contributed by atoms with Gasteiger partial charge in [-0.15, -0.1) is 0 Å². The highest BCUT2D eigenvalue weighted by molar-refractivity contribution is 7.89. The molecule has 150 valence electrons. The smallest absolute Gasteiger partial charge is 0.251 e. The predicted molar refractivity (Wildman–Crippen MR) is 110 cm³/mol. The Hall–Kier alpha value is -3.46. The molecule has 0 radical (unpaired) electrons. The maximum atomic E-state index is 12.2. The number of nitrogens with zero attached hydrogens (tertiary/aromatic N) is 2. The van der Waals surface area contributed by atoms with Crippen molar-refractivity contribution in [2.24, 2.45) is 0 Å². The van der Waals surface area contributed by atoms with Gasteiger partial charge in [0, 0.05) is 29.9 Å². The van der Waals surface area contributed by atoms with Crippen molar-refractivity contribution < 1.29 is 18.0 Å². The third-order valence-corrected chi connectivity index (χ3v) is 4.83. The van der Waals surface area contributed by atoms with Crippen molar-refractivity contribution in [3.63, 3.8) is 0 Å². The van der Waals surface area contributed by atoms with Crippen LogP contribution in [0.4, 0.5) is 5.69 Å². The van der Waals surface area contributed by atoms with E-state index in [1.807, 2.05) is 24.4 Å². The second-order valence-electron chi connectivity index (χ2n) is 6.50. The molecule has 0 bridgehead atoms. The van der Waals surface area contributed by atoms with Gasteiger partial charge in [0.15, 0.2) is 9.84 Å². The summed E-state index contributed by atoms with van der Waals surface area (Å²) in [5, 5.41) is 9.37. The molecular formula is C20H20N4O4S. The first-order valence-electron chi connectivity index (χ1n) is 8.75. The second-order valence-corrected chi connectivity index (χ2v) is 8.64. The van der Waals surface area contributed by atoms with Crippen LogP contribution in [-0.2, 0) is 20.4 Å². The van der Waals surface area contributed by atoms with E-state index in [2.05, 4.69) is 15.7 Å². The lowest BCUT2D eigenvalue weighted by molar-refractivity contribution is -0.115. The fraction of sp³-hybridized carbons (Fsp3) is 0.150. The van der Waals surface area contributed by atoms with E-state index in [9.17, 15) is 18.0 Å². The summed E-state index contributed by atoms with van der Waals surface area (Å²) in [4.78, 5) is 24.2. The first-order chi connectivity index (χ1) is 13.8. The van der Waals surface area contributed by atoms with E-state index < -0.39 is 15.7 Å². The quantitative estimate of drug-likeness (QED) is 0.615. The molecule has 1 aromatic heterocycles. The molecule has 9 heteroatoms. The Morgan fingerprint density at radius 3 is 2.31 bits per heavy atom. The van der Waals surface area contributed by atoms with Gasteiger partial charge in [0.1, 0.15) is 0 Å². The topological polar surface area (TPSA) is 110 Å². The number of anilines is 1. The maximum Gasteiger partial charge on any atom is 0.251 e. The zero-order valence-corrected chi connectivity index (χ0v) is 16.5. The van der Waals surface area contributed by atoms with Gasteiger partial charge in [0.25, 0.3) is 5.91 Å². The third-order valence-electron chi connectivity index (χ3n) is 3.97. The molecule has 0 atom stereocenters. The molecule has 3 aromatic rings. The summed E-state index contributed by atoms with van der Waals surface area (Å²) < 4.78 is 24.3. The Bertz CT molecular complexity index is 1090. The number of rotatable bonds is 7. The average molecular weight is 412 g/mol. The maximum absolute atomic E-state index is 12.2. The molecule has 0 saturated carbocycles. The van der Waals surface area contributed by atoms with E-state index in [0.29, 0.717) is 16.8 Å². The number of hydrogen-bond acceptors (Lipinski definition) is 5. The number of carbonyl (C=O) groups is 2. The van der Waals surface area contributed by atoms with Gasteiger partial charge >= 0.3 is 0 Å². The highest BCUT2D eigenvalue weighted by Gasteiger charge is 2.10. The van der Waals surface area contributed by atoms with E-state index >= 15 is 0 Å². The van der Waals surface area contributed by atoms with Crippen LogP contribution in [0.1, 0.15) is 15.9 Å². The van der Waals surface area contributed by atoms with Crippen LogP contribution in [0.3, 0.4) is 0 Å². The SMILES string of the molecule is CS(=O)(=O)Cc1ccc(C(=O)NCC(=O)Nc2ccc(-n3cccn3)cc2)cc1. The third kappa shape index (κ3) is 6.01. The van der Waals surface area contributed by atoms with Gasteiger partial charge in [0.2, 0.25) is 5.91 Å². The van der Waals surface area contributed by atoms with Gasteiger partial charge in [-0.25, -0.2) is 13.1 Å². The van der Waals surface area contributed by atoms with Crippen LogP contribution in [0.5, 0.6) is 0 Å². The minimum atomic E-state index is -3.14. The van der Waals surface area contributed by atoms with Crippen molar-refractivity contribution in [1.82, 2.24) is 15.1 Å². The number of nitrogens with one attached hydrogen (secondary N) is 2. The van der Waals surface area contributed by atoms with E-state index in [4.69, 9.17) is 0 Å². The fourth-order valence-corrected chi connectivity index (χ4v) is 3.44. The molecule has 2 N–H and O–H groups in total.